The fourth-order valence-corrected chi connectivity index (χ4v) is 4.24. The Hall–Kier alpha value is -4.26. The predicted octanol–water partition coefficient (Wildman–Crippen LogP) is 4.30. The molecule has 3 aromatic carbocycles. The molecule has 2 heterocycles. The van der Waals surface area contributed by atoms with E-state index in [1.54, 1.807) is 18.2 Å². The third-order valence-electron chi connectivity index (χ3n) is 6.01. The number of hydrogen-bond donors (Lipinski definition) is 1. The van der Waals surface area contributed by atoms with Crippen LogP contribution in [-0.2, 0) is 20.7 Å². The first-order chi connectivity index (χ1) is 16.6. The highest BCUT2D eigenvalue weighted by atomic mass is 16.5. The Morgan fingerprint density at radius 3 is 2.47 bits per heavy atom. The number of amides is 1. The quantitative estimate of drug-likeness (QED) is 0.444. The van der Waals surface area contributed by atoms with Crippen LogP contribution < -0.4 is 10.3 Å². The Kier molecular flexibility index (Phi) is 5.91. The number of rotatable bonds is 6. The summed E-state index contributed by atoms with van der Waals surface area (Å²) >= 11 is 0. The zero-order valence-electron chi connectivity index (χ0n) is 18.4. The average Bonchev–Trinajstić information content (AvgIpc) is 3.33. The van der Waals surface area contributed by atoms with Gasteiger partial charge in [0.05, 0.1) is 11.7 Å². The van der Waals surface area contributed by atoms with Crippen molar-refractivity contribution in [3.8, 4) is 0 Å². The van der Waals surface area contributed by atoms with Crippen LogP contribution in [0.3, 0.4) is 0 Å². The van der Waals surface area contributed by atoms with Crippen LogP contribution in [0, 0.1) is 0 Å². The molecule has 1 N–H and O–H groups in total. The molecule has 5 rings (SSSR count). The van der Waals surface area contributed by atoms with E-state index in [1.165, 1.54) is 0 Å². The van der Waals surface area contributed by atoms with E-state index < -0.39 is 5.97 Å². The van der Waals surface area contributed by atoms with Gasteiger partial charge < -0.3 is 10.1 Å². The summed E-state index contributed by atoms with van der Waals surface area (Å²) in [5.74, 6) is -0.930. The maximum atomic E-state index is 12.8. The zero-order valence-corrected chi connectivity index (χ0v) is 18.4. The molecule has 1 atom stereocenters. The van der Waals surface area contributed by atoms with Crippen LogP contribution >= 0.6 is 0 Å². The molecule has 0 radical (unpaired) electrons. The van der Waals surface area contributed by atoms with Gasteiger partial charge in [0.25, 0.3) is 0 Å². The molecule has 0 saturated carbocycles. The zero-order chi connectivity index (χ0) is 23.5. The highest BCUT2D eigenvalue weighted by Gasteiger charge is 2.33. The number of hydrazone groups is 1. The maximum absolute atomic E-state index is 12.8. The van der Waals surface area contributed by atoms with E-state index in [9.17, 15) is 14.4 Å². The minimum Gasteiger partial charge on any atom is -0.453 e. The standard InChI is InChI=1S/C27H23N3O4/c31-25(20-11-13-22-19(15-20)12-14-26(32)28-22)17-34-27(33)23-16-24(18-7-3-1-4-8-18)30(29-23)21-9-5-2-6-10-21/h1-11,13,15,24H,12,14,16-17H2,(H,28,32)/t24-/m0/s1. The number of nitrogens with one attached hydrogen (secondary N) is 1. The largest absolute Gasteiger partial charge is 0.453 e. The monoisotopic (exact) mass is 453 g/mol. The summed E-state index contributed by atoms with van der Waals surface area (Å²) in [7, 11) is 0. The molecule has 1 amide bonds. The number of benzene rings is 3. The van der Waals surface area contributed by atoms with Gasteiger partial charge in [0.1, 0.15) is 5.71 Å². The van der Waals surface area contributed by atoms with E-state index >= 15 is 0 Å². The molecule has 7 heteroatoms. The summed E-state index contributed by atoms with van der Waals surface area (Å²) in [5, 5.41) is 9.17. The van der Waals surface area contributed by atoms with Gasteiger partial charge in [0, 0.05) is 24.1 Å². The lowest BCUT2D eigenvalue weighted by Crippen LogP contribution is -2.22. The number of carbonyl (C=O) groups is 3. The van der Waals surface area contributed by atoms with E-state index in [0.717, 1.165) is 22.5 Å². The second kappa shape index (κ2) is 9.31. The number of nitrogens with zero attached hydrogens (tertiary/aromatic N) is 2. The summed E-state index contributed by atoms with van der Waals surface area (Å²) in [6, 6.07) is 24.5. The number of Topliss-reactive ketones (excluding diaryl/α,β-unsaturated/α-hetero) is 1. The molecule has 7 nitrogen and oxygen atoms in total. The lowest BCUT2D eigenvalue weighted by molar-refractivity contribution is -0.134. The molecule has 34 heavy (non-hydrogen) atoms. The number of ether oxygens (including phenoxy) is 1. The van der Waals surface area contributed by atoms with Crippen molar-refractivity contribution >= 4 is 34.7 Å². The summed E-state index contributed by atoms with van der Waals surface area (Å²) < 4.78 is 5.36. The molecule has 0 bridgehead atoms. The molecule has 0 aliphatic carbocycles. The Bertz CT molecular complexity index is 1270. The number of esters is 1. The first kappa shape index (κ1) is 21.6. The second-order valence-corrected chi connectivity index (χ2v) is 8.28. The Labute approximate surface area is 197 Å². The molecule has 0 saturated heterocycles. The number of carbonyl (C=O) groups excluding carboxylic acids is 3. The SMILES string of the molecule is O=C1CCc2cc(C(=O)COC(=O)C3=NN(c4ccccc4)[C@H](c4ccccc4)C3)ccc2N1. The molecule has 0 aromatic heterocycles. The van der Waals surface area contributed by atoms with Gasteiger partial charge in [-0.3, -0.25) is 14.6 Å². The Balaban J connectivity index is 1.29. The number of aryl methyl sites for hydroxylation is 1. The third kappa shape index (κ3) is 4.45. The maximum Gasteiger partial charge on any atom is 0.355 e. The van der Waals surface area contributed by atoms with Crippen LogP contribution in [0.2, 0.25) is 0 Å². The molecule has 0 fully saturated rings. The van der Waals surface area contributed by atoms with Gasteiger partial charge in [-0.15, -0.1) is 0 Å². The van der Waals surface area contributed by atoms with Gasteiger partial charge in [-0.05, 0) is 47.9 Å². The summed E-state index contributed by atoms with van der Waals surface area (Å²) in [6.45, 7) is -0.371. The molecular formula is C27H23N3O4. The van der Waals surface area contributed by atoms with Gasteiger partial charge in [-0.25, -0.2) is 4.79 Å². The smallest absolute Gasteiger partial charge is 0.355 e. The van der Waals surface area contributed by atoms with E-state index in [2.05, 4.69) is 10.4 Å². The lowest BCUT2D eigenvalue weighted by Gasteiger charge is -2.23. The number of fused-ring (bicyclic) bond motifs is 1. The van der Waals surface area contributed by atoms with Gasteiger partial charge in [-0.2, -0.15) is 5.10 Å². The normalized spacial score (nSPS) is 16.9. The Morgan fingerprint density at radius 2 is 1.71 bits per heavy atom. The third-order valence-corrected chi connectivity index (χ3v) is 6.01. The minimum absolute atomic E-state index is 0.0313. The molecule has 3 aromatic rings. The number of anilines is 2. The second-order valence-electron chi connectivity index (χ2n) is 8.28. The van der Waals surface area contributed by atoms with Crippen molar-refractivity contribution in [3.05, 3.63) is 95.6 Å². The molecular weight excluding hydrogens is 430 g/mol. The van der Waals surface area contributed by atoms with Crippen molar-refractivity contribution < 1.29 is 19.1 Å². The van der Waals surface area contributed by atoms with Crippen LogP contribution in [0.5, 0.6) is 0 Å². The number of ketones is 1. The summed E-state index contributed by atoms with van der Waals surface area (Å²) in [4.78, 5) is 37.0. The van der Waals surface area contributed by atoms with E-state index in [-0.39, 0.29) is 30.1 Å². The van der Waals surface area contributed by atoms with Crippen molar-refractivity contribution in [2.45, 2.75) is 25.3 Å². The predicted molar refractivity (Wildman–Crippen MR) is 129 cm³/mol. The van der Waals surface area contributed by atoms with Crippen LogP contribution in [0.4, 0.5) is 11.4 Å². The molecule has 0 spiro atoms. The Morgan fingerprint density at radius 1 is 0.971 bits per heavy atom. The first-order valence-electron chi connectivity index (χ1n) is 11.2. The van der Waals surface area contributed by atoms with Gasteiger partial charge in [0.15, 0.2) is 12.4 Å². The van der Waals surface area contributed by atoms with Crippen molar-refractivity contribution in [2.24, 2.45) is 5.10 Å². The summed E-state index contributed by atoms with van der Waals surface area (Å²) in [5.41, 5.74) is 4.26. The van der Waals surface area contributed by atoms with Crippen LogP contribution in [0.15, 0.2) is 84.0 Å². The van der Waals surface area contributed by atoms with Crippen molar-refractivity contribution in [2.75, 3.05) is 16.9 Å². The topological polar surface area (TPSA) is 88.1 Å². The first-order valence-corrected chi connectivity index (χ1v) is 11.2. The van der Waals surface area contributed by atoms with Crippen molar-refractivity contribution in [1.29, 1.82) is 0 Å². The van der Waals surface area contributed by atoms with Crippen molar-refractivity contribution in [1.82, 2.24) is 0 Å². The highest BCUT2D eigenvalue weighted by Crippen LogP contribution is 2.35. The van der Waals surface area contributed by atoms with Crippen LogP contribution in [0.1, 0.15) is 40.4 Å². The van der Waals surface area contributed by atoms with E-state index in [4.69, 9.17) is 4.74 Å². The van der Waals surface area contributed by atoms with Crippen molar-refractivity contribution in [3.63, 3.8) is 0 Å². The molecule has 2 aliphatic heterocycles. The van der Waals surface area contributed by atoms with E-state index in [1.807, 2.05) is 65.7 Å². The van der Waals surface area contributed by atoms with Crippen LogP contribution in [-0.4, -0.2) is 30.0 Å². The fraction of sp³-hybridized carbons (Fsp3) is 0.185. The fourth-order valence-electron chi connectivity index (χ4n) is 4.24. The van der Waals surface area contributed by atoms with Crippen LogP contribution in [0.25, 0.3) is 0 Å². The minimum atomic E-state index is -0.599. The molecule has 2 aliphatic rings. The average molecular weight is 453 g/mol. The van der Waals surface area contributed by atoms with Gasteiger partial charge >= 0.3 is 5.97 Å². The van der Waals surface area contributed by atoms with Gasteiger partial charge in [0.2, 0.25) is 5.91 Å². The van der Waals surface area contributed by atoms with Gasteiger partial charge in [-0.1, -0.05) is 48.5 Å². The highest BCUT2D eigenvalue weighted by molar-refractivity contribution is 6.37. The molecule has 170 valence electrons. The molecule has 0 unspecified atom stereocenters. The van der Waals surface area contributed by atoms with E-state index in [0.29, 0.717) is 24.8 Å². The number of hydrogen-bond acceptors (Lipinski definition) is 6. The summed E-state index contributed by atoms with van der Waals surface area (Å²) in [6.07, 6.45) is 1.35. The number of para-hydroxylation sites is 1. The lowest BCUT2D eigenvalue weighted by atomic mass is 9.99.